The monoisotopic (exact) mass is 569 g/mol. The molecule has 0 unspecified atom stereocenters. The number of hydrogen-bond donors (Lipinski definition) is 2. The van der Waals surface area contributed by atoms with E-state index in [2.05, 4.69) is 73.5 Å². The Labute approximate surface area is 250 Å². The first-order valence-corrected chi connectivity index (χ1v) is 14.5. The van der Waals surface area contributed by atoms with Crippen molar-refractivity contribution >= 4 is 29.2 Å². The van der Waals surface area contributed by atoms with Crippen LogP contribution in [0.15, 0.2) is 91.0 Å². The second-order valence-corrected chi connectivity index (χ2v) is 10.4. The van der Waals surface area contributed by atoms with Crippen LogP contribution in [0.25, 0.3) is 45.7 Å². The number of esters is 1. The number of nitrogens with zero attached hydrogens (tertiary/aromatic N) is 4. The first-order valence-electron chi connectivity index (χ1n) is 14.5. The van der Waals surface area contributed by atoms with Crippen LogP contribution in [-0.4, -0.2) is 38.7 Å². The van der Waals surface area contributed by atoms with Gasteiger partial charge in [-0.25, -0.2) is 14.3 Å². The number of imidazole rings is 1. The number of rotatable bonds is 10. The molecule has 6 aromatic rings. The maximum absolute atomic E-state index is 12.8. The van der Waals surface area contributed by atoms with E-state index in [1.807, 2.05) is 66.7 Å². The molecule has 2 N–H and O–H groups in total. The summed E-state index contributed by atoms with van der Waals surface area (Å²) in [5.74, 6) is 1.34. The van der Waals surface area contributed by atoms with Crippen LogP contribution in [0.3, 0.4) is 0 Å². The van der Waals surface area contributed by atoms with Gasteiger partial charge in [0.15, 0.2) is 11.0 Å². The highest BCUT2D eigenvalue weighted by Gasteiger charge is 2.23. The molecule has 0 saturated heterocycles. The van der Waals surface area contributed by atoms with Crippen LogP contribution < -0.4 is 4.57 Å². The normalized spacial score (nSPS) is 11.4. The molecule has 0 atom stereocenters. The molecule has 0 bridgehead atoms. The molecule has 0 radical (unpaired) electrons. The Hall–Kier alpha value is -5.37. The second kappa shape index (κ2) is 12.7. The molecule has 2 heterocycles. The van der Waals surface area contributed by atoms with Crippen LogP contribution in [-0.2, 0) is 17.7 Å². The van der Waals surface area contributed by atoms with Crippen LogP contribution in [0.1, 0.15) is 52.6 Å². The lowest BCUT2D eigenvalue weighted by molar-refractivity contribution is -0.670. The van der Waals surface area contributed by atoms with E-state index < -0.39 is 0 Å². The van der Waals surface area contributed by atoms with E-state index in [1.165, 1.54) is 12.7 Å². The predicted molar refractivity (Wildman–Crippen MR) is 168 cm³/mol. The number of nitrogens with one attached hydrogen (secondary N) is 2. The van der Waals surface area contributed by atoms with Gasteiger partial charge < -0.3 is 4.74 Å². The lowest BCUT2D eigenvalue weighted by Gasteiger charge is -2.09. The summed E-state index contributed by atoms with van der Waals surface area (Å²) in [6.07, 6.45) is 7.06. The van der Waals surface area contributed by atoms with E-state index in [1.54, 1.807) is 0 Å². The molecule has 0 fully saturated rings. The van der Waals surface area contributed by atoms with Gasteiger partial charge in [-0.15, -0.1) is 10.2 Å². The maximum Gasteiger partial charge on any atom is 0.338 e. The molecule has 0 aliphatic heterocycles. The van der Waals surface area contributed by atoms with E-state index >= 15 is 0 Å². The SMILES string of the molecule is CCCCc1[nH]c2cc(C(=O)OC)c(C=Cc3ccccc3)cc2[n+]1Cc1ccc(-c2ccccc2-c2nn[nH]n2)cc1. The van der Waals surface area contributed by atoms with Crippen LogP contribution in [0.2, 0.25) is 0 Å². The molecule has 8 nitrogen and oxygen atoms in total. The fraction of sp³-hybridized carbons (Fsp3) is 0.171. The number of fused-ring (bicyclic) bond motifs is 1. The third kappa shape index (κ3) is 5.99. The third-order valence-electron chi connectivity index (χ3n) is 7.61. The number of methoxy groups -OCH3 is 1. The minimum Gasteiger partial charge on any atom is -0.465 e. The van der Waals surface area contributed by atoms with Gasteiger partial charge in [0.2, 0.25) is 5.82 Å². The van der Waals surface area contributed by atoms with E-state index in [-0.39, 0.29) is 5.97 Å². The number of unbranched alkanes of at least 4 members (excludes halogenated alkanes) is 1. The van der Waals surface area contributed by atoms with Crippen molar-refractivity contribution in [3.63, 3.8) is 0 Å². The van der Waals surface area contributed by atoms with Crippen molar-refractivity contribution in [1.82, 2.24) is 25.6 Å². The van der Waals surface area contributed by atoms with Crippen molar-refractivity contribution in [1.29, 1.82) is 0 Å². The number of carbonyl (C=O) groups excluding carboxylic acids is 1. The molecule has 214 valence electrons. The van der Waals surface area contributed by atoms with Gasteiger partial charge in [0.1, 0.15) is 6.54 Å². The summed E-state index contributed by atoms with van der Waals surface area (Å²) in [5, 5.41) is 14.6. The Balaban J connectivity index is 1.38. The van der Waals surface area contributed by atoms with Crippen molar-refractivity contribution in [3.05, 3.63) is 119 Å². The maximum atomic E-state index is 12.8. The number of aromatic amines is 2. The summed E-state index contributed by atoms with van der Waals surface area (Å²) in [5.41, 5.74) is 8.57. The van der Waals surface area contributed by atoms with Gasteiger partial charge in [-0.2, -0.15) is 5.21 Å². The van der Waals surface area contributed by atoms with Crippen molar-refractivity contribution in [2.24, 2.45) is 0 Å². The first kappa shape index (κ1) is 27.8. The minimum absolute atomic E-state index is 0.359. The molecular weight excluding hydrogens is 536 g/mol. The van der Waals surface area contributed by atoms with Crippen molar-refractivity contribution in [2.45, 2.75) is 32.7 Å². The number of tetrazole rings is 1. The summed E-state index contributed by atoms with van der Waals surface area (Å²) in [6.45, 7) is 2.88. The fourth-order valence-electron chi connectivity index (χ4n) is 5.37. The highest BCUT2D eigenvalue weighted by atomic mass is 16.5. The third-order valence-corrected chi connectivity index (χ3v) is 7.61. The zero-order valence-corrected chi connectivity index (χ0v) is 24.2. The minimum atomic E-state index is -0.359. The van der Waals surface area contributed by atoms with Gasteiger partial charge in [0.25, 0.3) is 5.82 Å². The predicted octanol–water partition coefficient (Wildman–Crippen LogP) is 6.65. The second-order valence-electron chi connectivity index (χ2n) is 10.4. The molecule has 0 saturated carbocycles. The highest BCUT2D eigenvalue weighted by Crippen LogP contribution is 2.30. The van der Waals surface area contributed by atoms with Gasteiger partial charge in [0.05, 0.1) is 12.7 Å². The molecule has 0 aliphatic rings. The summed E-state index contributed by atoms with van der Waals surface area (Å²) in [6, 6.07) is 30.7. The van der Waals surface area contributed by atoms with Crippen LogP contribution in [0.5, 0.6) is 0 Å². The number of ether oxygens (including phenoxy) is 1. The fourth-order valence-corrected chi connectivity index (χ4v) is 5.37. The molecule has 6 rings (SSSR count). The lowest BCUT2D eigenvalue weighted by Crippen LogP contribution is -2.37. The zero-order valence-electron chi connectivity index (χ0n) is 24.2. The van der Waals surface area contributed by atoms with Gasteiger partial charge >= 0.3 is 5.97 Å². The van der Waals surface area contributed by atoms with Crippen molar-refractivity contribution < 1.29 is 14.1 Å². The van der Waals surface area contributed by atoms with E-state index in [9.17, 15) is 4.79 Å². The van der Waals surface area contributed by atoms with Gasteiger partial charge in [0, 0.05) is 18.1 Å². The van der Waals surface area contributed by atoms with Crippen molar-refractivity contribution in [3.8, 4) is 22.5 Å². The van der Waals surface area contributed by atoms with Crippen LogP contribution in [0, 0.1) is 0 Å². The molecule has 0 spiro atoms. The van der Waals surface area contributed by atoms with E-state index in [4.69, 9.17) is 4.74 Å². The van der Waals surface area contributed by atoms with E-state index in [0.29, 0.717) is 17.9 Å². The van der Waals surface area contributed by atoms with E-state index in [0.717, 1.165) is 63.9 Å². The zero-order chi connectivity index (χ0) is 29.6. The first-order chi connectivity index (χ1) is 21.1. The molecule has 0 aliphatic carbocycles. The molecule has 0 amide bonds. The van der Waals surface area contributed by atoms with Gasteiger partial charge in [-0.05, 0) is 45.5 Å². The Kier molecular flexibility index (Phi) is 8.17. The van der Waals surface area contributed by atoms with Gasteiger partial charge in [-0.3, -0.25) is 0 Å². The molecule has 2 aromatic heterocycles. The number of aromatic nitrogens is 6. The average Bonchev–Trinajstić information content (AvgIpc) is 3.71. The highest BCUT2D eigenvalue weighted by molar-refractivity contribution is 5.98. The van der Waals surface area contributed by atoms with Crippen molar-refractivity contribution in [2.75, 3.05) is 7.11 Å². The smallest absolute Gasteiger partial charge is 0.338 e. The molecule has 8 heteroatoms. The summed E-state index contributed by atoms with van der Waals surface area (Å²) in [7, 11) is 1.42. The number of H-pyrrole nitrogens is 2. The summed E-state index contributed by atoms with van der Waals surface area (Å²) < 4.78 is 7.48. The molecular formula is C35H33N6O2+. The topological polar surface area (TPSA) is 100 Å². The number of hydrogen-bond acceptors (Lipinski definition) is 5. The Morgan fingerprint density at radius 3 is 2.42 bits per heavy atom. The summed E-state index contributed by atoms with van der Waals surface area (Å²) in [4.78, 5) is 16.4. The Bertz CT molecular complexity index is 1870. The Morgan fingerprint density at radius 2 is 1.70 bits per heavy atom. The summed E-state index contributed by atoms with van der Waals surface area (Å²) >= 11 is 0. The van der Waals surface area contributed by atoms with Crippen LogP contribution >= 0.6 is 0 Å². The lowest BCUT2D eigenvalue weighted by atomic mass is 9.98. The average molecular weight is 570 g/mol. The number of benzene rings is 4. The number of carbonyl (C=O) groups is 1. The molecule has 4 aromatic carbocycles. The standard InChI is InChI=1S/C35H32N6O2/c1-3-4-14-33-36-31-22-30(35(42)43-2)27(20-15-24-10-6-5-7-11-24)21-32(31)41(33)23-25-16-18-26(19-17-25)28-12-8-9-13-29(28)34-37-39-40-38-34/h5-13,15-22H,3-4,14,23H2,1-2H3,(H,37,38,39,40)/p+1. The quantitative estimate of drug-likeness (QED) is 0.109. The largest absolute Gasteiger partial charge is 0.465 e. The number of aryl methyl sites for hydroxylation is 1. The van der Waals surface area contributed by atoms with Crippen LogP contribution in [0.4, 0.5) is 0 Å². The Morgan fingerprint density at radius 1 is 0.930 bits per heavy atom. The molecule has 43 heavy (non-hydrogen) atoms. The van der Waals surface area contributed by atoms with Gasteiger partial charge in [-0.1, -0.05) is 104 Å².